The third-order valence-electron chi connectivity index (χ3n) is 4.32. The first-order chi connectivity index (χ1) is 11.0. The first-order valence-corrected chi connectivity index (χ1v) is 15.4. The maximum absolute atomic E-state index is 6.08. The fourth-order valence-corrected chi connectivity index (χ4v) is 8.67. The van der Waals surface area contributed by atoms with Gasteiger partial charge in [-0.25, -0.2) is 9.15 Å². The average Bonchev–Trinajstić information content (AvgIpc) is 3.21. The Balaban J connectivity index is 1.80. The summed E-state index contributed by atoms with van der Waals surface area (Å²) in [6, 6.07) is 1.02. The summed E-state index contributed by atoms with van der Waals surface area (Å²) in [5.74, 6) is 0. The van der Waals surface area contributed by atoms with Crippen LogP contribution in [0.1, 0.15) is 90.4 Å². The number of hydrogen-bond donors (Lipinski definition) is 0. The van der Waals surface area contributed by atoms with Crippen LogP contribution >= 0.6 is 0 Å². The Morgan fingerprint density at radius 2 is 1.04 bits per heavy atom. The predicted octanol–water partition coefficient (Wildman–Crippen LogP) is 6.83. The summed E-state index contributed by atoms with van der Waals surface area (Å²) in [6.45, 7) is 8.90. The van der Waals surface area contributed by atoms with Crippen molar-refractivity contribution in [2.24, 2.45) is 0 Å². The van der Waals surface area contributed by atoms with E-state index in [-0.39, 0.29) is 0 Å². The van der Waals surface area contributed by atoms with E-state index in [1.807, 2.05) is 0 Å². The molecule has 0 aromatic heterocycles. The molecule has 138 valence electrons. The van der Waals surface area contributed by atoms with Crippen molar-refractivity contribution in [3.8, 4) is 0 Å². The number of hydrogen-bond acceptors (Lipinski definition) is 3. The summed E-state index contributed by atoms with van der Waals surface area (Å²) in [5, 5.41) is 0. The Kier molecular flexibility index (Phi) is 11.0. The lowest BCUT2D eigenvalue weighted by Gasteiger charge is -2.18. The fraction of sp³-hybridized carbons (Fsp3) is 1.00. The van der Waals surface area contributed by atoms with E-state index in [1.165, 1.54) is 83.5 Å². The highest BCUT2D eigenvalue weighted by molar-refractivity contribution is 6.81. The van der Waals surface area contributed by atoms with Crippen LogP contribution in [0.3, 0.4) is 0 Å². The zero-order chi connectivity index (χ0) is 17.0. The Labute approximate surface area is 146 Å². The minimum atomic E-state index is -2.13. The molecule has 0 N–H and O–H groups in total. The van der Waals surface area contributed by atoms with E-state index in [0.29, 0.717) is 0 Å². The monoisotopic (exact) mass is 360 g/mol. The van der Waals surface area contributed by atoms with Crippen LogP contribution in [-0.2, 0) is 13.3 Å². The molecule has 0 unspecified atom stereocenters. The molecule has 0 spiro atoms. The minimum absolute atomic E-state index is 1.02. The molecule has 0 radical (unpaired) electrons. The minimum Gasteiger partial charge on any atom is -0.413 e. The molecule has 1 rings (SSSR count). The summed E-state index contributed by atoms with van der Waals surface area (Å²) in [7, 11) is -3.65. The molecule has 1 saturated heterocycles. The van der Waals surface area contributed by atoms with Gasteiger partial charge in [0.25, 0.3) is 0 Å². The molecular formula is C18H40O3Si2. The lowest BCUT2D eigenvalue weighted by Crippen LogP contribution is -2.37. The molecule has 0 aliphatic carbocycles. The maximum atomic E-state index is 6.08. The number of unbranched alkanes of at least 4 members (excludes halogenated alkanes) is 12. The quantitative estimate of drug-likeness (QED) is 0.131. The Bertz CT molecular complexity index is 288. The van der Waals surface area contributed by atoms with Gasteiger partial charge >= 0.3 is 8.80 Å². The molecule has 0 saturated carbocycles. The third-order valence-corrected chi connectivity index (χ3v) is 9.52. The van der Waals surface area contributed by atoms with Gasteiger partial charge in [-0.15, -0.1) is 0 Å². The second kappa shape index (κ2) is 11.8. The topological polar surface area (TPSA) is 34.3 Å². The Morgan fingerprint density at radius 1 is 0.652 bits per heavy atom. The summed E-state index contributed by atoms with van der Waals surface area (Å²) in [6.07, 6.45) is 18.1. The predicted molar refractivity (Wildman–Crippen MR) is 103 cm³/mol. The molecule has 0 aromatic rings. The molecule has 0 bridgehead atoms. The molecule has 5 heteroatoms. The molecule has 1 fully saturated rings. The van der Waals surface area contributed by atoms with Crippen LogP contribution in [-0.4, -0.2) is 17.1 Å². The van der Waals surface area contributed by atoms with E-state index in [1.54, 1.807) is 0 Å². The molecule has 0 aromatic carbocycles. The highest BCUT2D eigenvalue weighted by Crippen LogP contribution is 2.34. The standard InChI is InChI=1S/C18H40O3Si2/c1-5-6-7-8-9-10-11-12-13-14-15-16-17-18-23(19-20-23)21-22(2,3)4/h5-18H2,1-4H3. The first kappa shape index (κ1) is 21.4. The molecule has 0 amide bonds. The second-order valence-corrected chi connectivity index (χ2v) is 15.3. The smallest absolute Gasteiger partial charge is 0.413 e. The van der Waals surface area contributed by atoms with Crippen LogP contribution in [0.5, 0.6) is 0 Å². The van der Waals surface area contributed by atoms with Gasteiger partial charge in [0.2, 0.25) is 0 Å². The zero-order valence-electron chi connectivity index (χ0n) is 16.1. The van der Waals surface area contributed by atoms with Crippen molar-refractivity contribution in [2.45, 2.75) is 116 Å². The molecule has 3 nitrogen and oxygen atoms in total. The van der Waals surface area contributed by atoms with Gasteiger partial charge in [0, 0.05) is 6.04 Å². The lowest BCUT2D eigenvalue weighted by molar-refractivity contribution is 0.0850. The van der Waals surface area contributed by atoms with E-state index in [4.69, 9.17) is 13.3 Å². The Morgan fingerprint density at radius 3 is 1.39 bits per heavy atom. The summed E-state index contributed by atoms with van der Waals surface area (Å²) in [4.78, 5) is 0. The van der Waals surface area contributed by atoms with Crippen molar-refractivity contribution in [2.75, 3.05) is 0 Å². The van der Waals surface area contributed by atoms with Crippen LogP contribution in [0, 0.1) is 0 Å². The third kappa shape index (κ3) is 12.3. The van der Waals surface area contributed by atoms with Crippen LogP contribution in [0.2, 0.25) is 25.7 Å². The highest BCUT2D eigenvalue weighted by Gasteiger charge is 2.59. The molecule has 0 atom stereocenters. The molecule has 1 heterocycles. The summed E-state index contributed by atoms with van der Waals surface area (Å²) < 4.78 is 16.5. The largest absolute Gasteiger partial charge is 0.545 e. The van der Waals surface area contributed by atoms with Crippen LogP contribution in [0.4, 0.5) is 0 Å². The van der Waals surface area contributed by atoms with Crippen molar-refractivity contribution >= 4 is 17.1 Å². The van der Waals surface area contributed by atoms with Gasteiger partial charge in [-0.1, -0.05) is 84.0 Å². The van der Waals surface area contributed by atoms with Gasteiger partial charge in [-0.3, -0.25) is 0 Å². The molecular weight excluding hydrogens is 320 g/mol. The number of rotatable bonds is 16. The van der Waals surface area contributed by atoms with Crippen molar-refractivity contribution in [1.82, 2.24) is 0 Å². The van der Waals surface area contributed by atoms with Gasteiger partial charge < -0.3 is 4.12 Å². The van der Waals surface area contributed by atoms with Gasteiger partial charge in [0.05, 0.1) is 0 Å². The van der Waals surface area contributed by atoms with Crippen molar-refractivity contribution in [3.05, 3.63) is 0 Å². The van der Waals surface area contributed by atoms with Gasteiger partial charge in [0.15, 0.2) is 8.32 Å². The van der Waals surface area contributed by atoms with E-state index < -0.39 is 17.1 Å². The second-order valence-electron chi connectivity index (χ2n) is 8.06. The first-order valence-electron chi connectivity index (χ1n) is 10.0. The van der Waals surface area contributed by atoms with Crippen LogP contribution in [0.25, 0.3) is 0 Å². The fourth-order valence-electron chi connectivity index (χ4n) is 3.04. The summed E-state index contributed by atoms with van der Waals surface area (Å²) in [5.41, 5.74) is 0. The van der Waals surface area contributed by atoms with E-state index in [2.05, 4.69) is 26.6 Å². The summed E-state index contributed by atoms with van der Waals surface area (Å²) >= 11 is 0. The van der Waals surface area contributed by atoms with E-state index in [9.17, 15) is 0 Å². The highest BCUT2D eigenvalue weighted by atomic mass is 28.5. The van der Waals surface area contributed by atoms with Crippen molar-refractivity contribution in [3.63, 3.8) is 0 Å². The lowest BCUT2D eigenvalue weighted by atomic mass is 10.1. The van der Waals surface area contributed by atoms with Gasteiger partial charge in [-0.2, -0.15) is 0 Å². The zero-order valence-corrected chi connectivity index (χ0v) is 18.1. The molecule has 23 heavy (non-hydrogen) atoms. The molecule has 1 aliphatic heterocycles. The normalized spacial score (nSPS) is 16.7. The van der Waals surface area contributed by atoms with Crippen LogP contribution < -0.4 is 0 Å². The average molecular weight is 361 g/mol. The van der Waals surface area contributed by atoms with Crippen LogP contribution in [0.15, 0.2) is 0 Å². The molecule has 1 aliphatic rings. The van der Waals surface area contributed by atoms with Gasteiger partial charge in [-0.05, 0) is 26.1 Å². The van der Waals surface area contributed by atoms with E-state index >= 15 is 0 Å². The van der Waals surface area contributed by atoms with E-state index in [0.717, 1.165) is 6.04 Å². The maximum Gasteiger partial charge on any atom is 0.545 e. The van der Waals surface area contributed by atoms with Crippen molar-refractivity contribution < 1.29 is 13.3 Å². The Hall–Kier alpha value is 0.314. The van der Waals surface area contributed by atoms with Gasteiger partial charge in [0.1, 0.15) is 0 Å². The van der Waals surface area contributed by atoms with Crippen molar-refractivity contribution in [1.29, 1.82) is 0 Å². The SMILES string of the molecule is CCCCCCCCCCCCCCC[Si]1(O[Si](C)(C)C)OO1.